The fraction of sp³-hybridized carbons (Fsp3) is 0. The van der Waals surface area contributed by atoms with Crippen molar-refractivity contribution in [1.82, 2.24) is 0 Å². The van der Waals surface area contributed by atoms with Crippen LogP contribution in [0.2, 0.25) is 0 Å². The Bertz CT molecular complexity index is 2520. The van der Waals surface area contributed by atoms with Gasteiger partial charge in [-0.05, 0) is 108 Å². The van der Waals surface area contributed by atoms with E-state index >= 15 is 0 Å². The highest BCUT2D eigenvalue weighted by Crippen LogP contribution is 2.48. The fourth-order valence-corrected chi connectivity index (χ4v) is 6.22. The van der Waals surface area contributed by atoms with Gasteiger partial charge in [0.15, 0.2) is 0 Å². The van der Waals surface area contributed by atoms with E-state index in [2.05, 4.69) is 0 Å². The van der Waals surface area contributed by atoms with Crippen molar-refractivity contribution in [3.8, 4) is 79.7 Å². The summed E-state index contributed by atoms with van der Waals surface area (Å²) >= 11 is 0. The summed E-state index contributed by atoms with van der Waals surface area (Å²) in [5.74, 6) is 3.50. The summed E-state index contributed by atoms with van der Waals surface area (Å²) in [5.41, 5.74) is 15.6. The maximum absolute atomic E-state index is 14.4. The van der Waals surface area contributed by atoms with Gasteiger partial charge in [0.25, 0.3) is 0 Å². The van der Waals surface area contributed by atoms with Gasteiger partial charge in [-0.25, -0.2) is 8.78 Å². The lowest BCUT2D eigenvalue weighted by Gasteiger charge is -2.20. The molecule has 0 aliphatic rings. The Labute approximate surface area is 327 Å². The predicted molar refractivity (Wildman–Crippen MR) is 219 cm³/mol. The van der Waals surface area contributed by atoms with Crippen LogP contribution in [0.3, 0.4) is 0 Å². The molecule has 57 heavy (non-hydrogen) atoms. The Morgan fingerprint density at radius 3 is 1.00 bits per heavy atom. The van der Waals surface area contributed by atoms with Crippen LogP contribution < -0.4 is 35.2 Å². The molecule has 0 bridgehead atoms. The van der Waals surface area contributed by atoms with Crippen molar-refractivity contribution in [3.05, 3.63) is 194 Å². The molecule has 0 aliphatic heterocycles. The molecule has 0 heterocycles. The van der Waals surface area contributed by atoms with Crippen molar-refractivity contribution < 1.29 is 32.5 Å². The molecule has 8 rings (SSSR count). The first-order valence-electron chi connectivity index (χ1n) is 17.9. The third-order valence-corrected chi connectivity index (χ3v) is 8.68. The van der Waals surface area contributed by atoms with E-state index in [-0.39, 0.29) is 0 Å². The SMILES string of the molecule is Nc1cccc(Oc2cccc(-c3c(Oc4cccc(F)c4)cccc3Oc3cccc(Oc4cccc(F)c4)c3-c3cccc(Oc4cccc(N)c4)c3)c2)c1. The quantitative estimate of drug-likeness (QED) is 0.120. The molecule has 0 radical (unpaired) electrons. The van der Waals surface area contributed by atoms with Crippen molar-refractivity contribution in [2.45, 2.75) is 0 Å². The second-order valence-corrected chi connectivity index (χ2v) is 12.9. The monoisotopic (exact) mass is 756 g/mol. The third-order valence-electron chi connectivity index (χ3n) is 8.68. The van der Waals surface area contributed by atoms with Crippen LogP contribution in [0.4, 0.5) is 20.2 Å². The van der Waals surface area contributed by atoms with Gasteiger partial charge in [0.05, 0.1) is 11.1 Å². The second-order valence-electron chi connectivity index (χ2n) is 12.9. The maximum Gasteiger partial charge on any atom is 0.139 e. The van der Waals surface area contributed by atoms with Crippen LogP contribution >= 0.6 is 0 Å². The highest BCUT2D eigenvalue weighted by molar-refractivity contribution is 5.82. The van der Waals surface area contributed by atoms with Crippen molar-refractivity contribution in [1.29, 1.82) is 0 Å². The molecular formula is C48H34F2N2O5. The number of anilines is 2. The lowest BCUT2D eigenvalue weighted by molar-refractivity contribution is 0.453. The van der Waals surface area contributed by atoms with Crippen LogP contribution in [-0.2, 0) is 0 Å². The number of hydrogen-bond acceptors (Lipinski definition) is 7. The molecule has 0 fully saturated rings. The lowest BCUT2D eigenvalue weighted by Crippen LogP contribution is -1.97. The van der Waals surface area contributed by atoms with Gasteiger partial charge < -0.3 is 35.2 Å². The molecular weight excluding hydrogens is 723 g/mol. The van der Waals surface area contributed by atoms with E-state index in [1.165, 1.54) is 24.3 Å². The fourth-order valence-electron chi connectivity index (χ4n) is 6.22. The average Bonchev–Trinajstić information content (AvgIpc) is 3.18. The number of halogens is 2. The summed E-state index contributed by atoms with van der Waals surface area (Å²) in [6.45, 7) is 0. The summed E-state index contributed by atoms with van der Waals surface area (Å²) in [6, 6.07) is 51.7. The minimum Gasteiger partial charge on any atom is -0.457 e. The minimum atomic E-state index is -0.444. The van der Waals surface area contributed by atoms with E-state index in [0.717, 1.165) is 0 Å². The topological polar surface area (TPSA) is 98.2 Å². The van der Waals surface area contributed by atoms with E-state index in [0.29, 0.717) is 91.1 Å². The molecule has 280 valence electrons. The normalized spacial score (nSPS) is 10.8. The molecule has 8 aromatic carbocycles. The van der Waals surface area contributed by atoms with Gasteiger partial charge >= 0.3 is 0 Å². The van der Waals surface area contributed by atoms with Gasteiger partial charge in [0, 0.05) is 35.6 Å². The highest BCUT2D eigenvalue weighted by atomic mass is 19.1. The molecule has 0 saturated carbocycles. The van der Waals surface area contributed by atoms with Gasteiger partial charge in [0.1, 0.15) is 69.1 Å². The van der Waals surface area contributed by atoms with Crippen LogP contribution in [0, 0.1) is 11.6 Å². The first-order chi connectivity index (χ1) is 27.8. The molecule has 8 aromatic rings. The third kappa shape index (κ3) is 8.80. The van der Waals surface area contributed by atoms with Crippen molar-refractivity contribution >= 4 is 11.4 Å². The van der Waals surface area contributed by atoms with E-state index in [1.54, 1.807) is 72.8 Å². The number of benzene rings is 8. The molecule has 4 N–H and O–H groups in total. The number of nitrogens with two attached hydrogens (primary N) is 2. The Hall–Kier alpha value is -7.78. The van der Waals surface area contributed by atoms with E-state index in [4.69, 9.17) is 35.2 Å². The molecule has 9 heteroatoms. The molecule has 0 saturated heterocycles. The first-order valence-corrected chi connectivity index (χ1v) is 17.9. The molecule has 0 atom stereocenters. The van der Waals surface area contributed by atoms with Gasteiger partial charge in [-0.15, -0.1) is 0 Å². The average molecular weight is 757 g/mol. The standard InChI is InChI=1S/C48H34F2N2O5/c49-33-11-3-17-39(27-33)55-43-21-7-23-45(47(43)31-9-1-15-37(25-31)53-41-19-5-13-35(51)29-41)57-46-24-8-22-44(56-40-18-4-12-34(50)28-40)48(46)32-10-2-16-38(26-32)54-42-20-6-14-36(52)30-42/h1-30H,51-52H2. The van der Waals surface area contributed by atoms with Crippen LogP contribution in [0.15, 0.2) is 182 Å². The Balaban J connectivity index is 1.25. The second kappa shape index (κ2) is 16.3. The number of rotatable bonds is 12. The van der Waals surface area contributed by atoms with Crippen molar-refractivity contribution in [2.24, 2.45) is 0 Å². The van der Waals surface area contributed by atoms with Crippen LogP contribution in [0.25, 0.3) is 22.3 Å². The van der Waals surface area contributed by atoms with Crippen LogP contribution in [-0.4, -0.2) is 0 Å². The van der Waals surface area contributed by atoms with Gasteiger partial charge in [0.2, 0.25) is 0 Å². The Morgan fingerprint density at radius 1 is 0.298 bits per heavy atom. The number of hydrogen-bond donors (Lipinski definition) is 2. The zero-order chi connectivity index (χ0) is 39.1. The first kappa shape index (κ1) is 36.2. The minimum absolute atomic E-state index is 0.295. The molecule has 0 aromatic heterocycles. The smallest absolute Gasteiger partial charge is 0.139 e. The van der Waals surface area contributed by atoms with Crippen molar-refractivity contribution in [2.75, 3.05) is 11.5 Å². The largest absolute Gasteiger partial charge is 0.457 e. The Kier molecular flexibility index (Phi) is 10.4. The molecule has 0 amide bonds. The van der Waals surface area contributed by atoms with Crippen LogP contribution in [0.1, 0.15) is 0 Å². The summed E-state index contributed by atoms with van der Waals surface area (Å²) in [6.07, 6.45) is 0. The molecule has 0 unspecified atom stereocenters. The summed E-state index contributed by atoms with van der Waals surface area (Å²) in [7, 11) is 0. The molecule has 0 spiro atoms. The van der Waals surface area contributed by atoms with E-state index in [1.807, 2.05) is 84.9 Å². The highest BCUT2D eigenvalue weighted by Gasteiger charge is 2.21. The number of ether oxygens (including phenoxy) is 5. The Morgan fingerprint density at radius 2 is 0.614 bits per heavy atom. The van der Waals surface area contributed by atoms with Gasteiger partial charge in [-0.3, -0.25) is 0 Å². The number of nitrogen functional groups attached to an aromatic ring is 2. The van der Waals surface area contributed by atoms with E-state index < -0.39 is 11.6 Å². The predicted octanol–water partition coefficient (Wildman–Crippen LogP) is 13.4. The summed E-state index contributed by atoms with van der Waals surface area (Å²) in [5, 5.41) is 0. The summed E-state index contributed by atoms with van der Waals surface area (Å²) < 4.78 is 60.7. The molecule has 0 aliphatic carbocycles. The zero-order valence-electron chi connectivity index (χ0n) is 30.3. The molecule has 7 nitrogen and oxygen atoms in total. The van der Waals surface area contributed by atoms with Crippen molar-refractivity contribution in [3.63, 3.8) is 0 Å². The zero-order valence-corrected chi connectivity index (χ0v) is 30.3. The maximum atomic E-state index is 14.4. The van der Waals surface area contributed by atoms with Crippen LogP contribution in [0.5, 0.6) is 57.5 Å². The lowest BCUT2D eigenvalue weighted by atomic mass is 10.0. The van der Waals surface area contributed by atoms with Gasteiger partial charge in [-0.2, -0.15) is 0 Å². The summed E-state index contributed by atoms with van der Waals surface area (Å²) in [4.78, 5) is 0. The van der Waals surface area contributed by atoms with Gasteiger partial charge in [-0.1, -0.05) is 60.7 Å². The van der Waals surface area contributed by atoms with E-state index in [9.17, 15) is 8.78 Å².